The molecule has 0 aromatic rings. The molecule has 2 bridgehead atoms. The van der Waals surface area contributed by atoms with Gasteiger partial charge in [0, 0.05) is 51.1 Å². The van der Waals surface area contributed by atoms with Gasteiger partial charge in [0.25, 0.3) is 0 Å². The van der Waals surface area contributed by atoms with Gasteiger partial charge in [-0.3, -0.25) is 19.3 Å². The molecule has 9 nitrogen and oxygen atoms in total. The highest BCUT2D eigenvalue weighted by molar-refractivity contribution is 8.02. The number of carbonyl (C=O) groups is 3. The Labute approximate surface area is 217 Å². The number of hydrogen-bond donors (Lipinski definition) is 1. The van der Waals surface area contributed by atoms with E-state index in [0.717, 1.165) is 26.1 Å². The summed E-state index contributed by atoms with van der Waals surface area (Å²) in [6.07, 6.45) is 4.38. The molecule has 200 valence electrons. The van der Waals surface area contributed by atoms with Crippen LogP contribution in [0.4, 0.5) is 0 Å². The number of amides is 2. The third kappa shape index (κ3) is 4.73. The van der Waals surface area contributed by atoms with Crippen molar-refractivity contribution in [3.8, 4) is 0 Å². The number of esters is 1. The number of likely N-dealkylation sites (tertiary alicyclic amines) is 1. The maximum absolute atomic E-state index is 14.3. The Morgan fingerprint density at radius 3 is 2.69 bits per heavy atom. The molecule has 36 heavy (non-hydrogen) atoms. The van der Waals surface area contributed by atoms with Crippen LogP contribution in [-0.2, 0) is 23.9 Å². The van der Waals surface area contributed by atoms with Gasteiger partial charge < -0.3 is 24.4 Å². The van der Waals surface area contributed by atoms with Crippen LogP contribution in [0.1, 0.15) is 19.8 Å². The minimum absolute atomic E-state index is 0.0530. The van der Waals surface area contributed by atoms with E-state index in [4.69, 9.17) is 9.47 Å². The highest BCUT2D eigenvalue weighted by atomic mass is 32.2. The monoisotopic (exact) mass is 521 g/mol. The topological polar surface area (TPSA) is 99.6 Å². The molecule has 3 unspecified atom stereocenters. The lowest BCUT2D eigenvalue weighted by Crippen LogP contribution is -2.58. The zero-order valence-electron chi connectivity index (χ0n) is 21.2. The summed E-state index contributed by atoms with van der Waals surface area (Å²) in [5.74, 6) is -1.75. The van der Waals surface area contributed by atoms with Gasteiger partial charge in [-0.25, -0.2) is 0 Å². The second-order valence-electron chi connectivity index (χ2n) is 10.1. The number of aliphatic hydroxyl groups excluding tert-OH is 1. The maximum Gasteiger partial charge on any atom is 0.311 e. The largest absolute Gasteiger partial charge is 0.461 e. The van der Waals surface area contributed by atoms with Crippen LogP contribution in [0.2, 0.25) is 0 Å². The Balaban J connectivity index is 1.64. The zero-order chi connectivity index (χ0) is 25.9. The van der Waals surface area contributed by atoms with E-state index in [-0.39, 0.29) is 48.7 Å². The highest BCUT2D eigenvalue weighted by Gasteiger charge is 2.76. The fourth-order valence-corrected chi connectivity index (χ4v) is 8.90. The number of carbonyl (C=O) groups excluding carboxylic acids is 3. The van der Waals surface area contributed by atoms with Crippen LogP contribution in [0.3, 0.4) is 0 Å². The third-order valence-corrected chi connectivity index (χ3v) is 10.2. The summed E-state index contributed by atoms with van der Waals surface area (Å²) in [5, 5.41) is 9.48. The summed E-state index contributed by atoms with van der Waals surface area (Å²) < 4.78 is 10.2. The van der Waals surface area contributed by atoms with Gasteiger partial charge in [0.15, 0.2) is 0 Å². The number of fused-ring (bicyclic) bond motifs is 1. The fraction of sp³-hybridized carbons (Fsp3) is 0.731. The first-order valence-electron chi connectivity index (χ1n) is 13.0. The number of ether oxygens (including phenoxy) is 2. The van der Waals surface area contributed by atoms with E-state index < -0.39 is 22.6 Å². The lowest BCUT2D eigenvalue weighted by atomic mass is 9.66. The van der Waals surface area contributed by atoms with Crippen LogP contribution in [0.15, 0.2) is 25.3 Å². The SMILES string of the molecule is C=CCOC(=O)[C@@H]1[C@@H]2CC(C)C3(S2)C(C(=O)N(CC=C)CCN2CCOCC2)N(CCCO)C(=O)[C@H]13. The second kappa shape index (κ2) is 11.7. The van der Waals surface area contributed by atoms with Crippen molar-refractivity contribution in [1.29, 1.82) is 0 Å². The van der Waals surface area contributed by atoms with Gasteiger partial charge in [-0.1, -0.05) is 25.7 Å². The normalized spacial score (nSPS) is 33.4. The van der Waals surface area contributed by atoms with Gasteiger partial charge in [-0.2, -0.15) is 0 Å². The first-order chi connectivity index (χ1) is 17.4. The maximum atomic E-state index is 14.3. The summed E-state index contributed by atoms with van der Waals surface area (Å²) in [6.45, 7) is 14.5. The molecule has 6 atom stereocenters. The molecule has 0 aromatic heterocycles. The van der Waals surface area contributed by atoms with Crippen molar-refractivity contribution >= 4 is 29.5 Å². The summed E-state index contributed by atoms with van der Waals surface area (Å²) in [7, 11) is 0. The van der Waals surface area contributed by atoms with E-state index in [9.17, 15) is 19.5 Å². The van der Waals surface area contributed by atoms with Crippen LogP contribution in [0.5, 0.6) is 0 Å². The van der Waals surface area contributed by atoms with Crippen molar-refractivity contribution in [1.82, 2.24) is 14.7 Å². The summed E-state index contributed by atoms with van der Waals surface area (Å²) >= 11 is 1.63. The van der Waals surface area contributed by atoms with Crippen molar-refractivity contribution in [2.45, 2.75) is 35.8 Å². The first kappa shape index (κ1) is 27.2. The molecule has 4 aliphatic heterocycles. The average Bonchev–Trinajstić information content (AvgIpc) is 3.47. The number of hydrogen-bond acceptors (Lipinski definition) is 8. The van der Waals surface area contributed by atoms with Gasteiger partial charge in [0.2, 0.25) is 11.8 Å². The molecule has 10 heteroatoms. The quantitative estimate of drug-likeness (QED) is 0.297. The molecule has 1 N–H and O–H groups in total. The third-order valence-electron chi connectivity index (χ3n) is 8.10. The summed E-state index contributed by atoms with van der Waals surface area (Å²) in [5.41, 5.74) is 0. The Hall–Kier alpha value is -1.88. The van der Waals surface area contributed by atoms with E-state index >= 15 is 0 Å². The zero-order valence-corrected chi connectivity index (χ0v) is 22.0. The molecule has 1 spiro atoms. The summed E-state index contributed by atoms with van der Waals surface area (Å²) in [6, 6.07) is -0.687. The lowest BCUT2D eigenvalue weighted by molar-refractivity contribution is -0.153. The highest BCUT2D eigenvalue weighted by Crippen LogP contribution is 2.68. The Kier molecular flexibility index (Phi) is 8.80. The van der Waals surface area contributed by atoms with Gasteiger partial charge in [0.1, 0.15) is 12.6 Å². The molecule has 0 aliphatic carbocycles. The van der Waals surface area contributed by atoms with Crippen LogP contribution < -0.4 is 0 Å². The van der Waals surface area contributed by atoms with E-state index in [1.54, 1.807) is 27.6 Å². The predicted octanol–water partition coefficient (Wildman–Crippen LogP) is 0.782. The number of nitrogens with zero attached hydrogens (tertiary/aromatic N) is 3. The molecule has 2 amide bonds. The molecule has 4 aliphatic rings. The van der Waals surface area contributed by atoms with E-state index in [1.165, 1.54) is 6.08 Å². The second-order valence-corrected chi connectivity index (χ2v) is 11.7. The number of rotatable bonds is 12. The Morgan fingerprint density at radius 1 is 1.28 bits per heavy atom. The number of aliphatic hydroxyl groups is 1. The Bertz CT molecular complexity index is 865. The van der Waals surface area contributed by atoms with Crippen LogP contribution in [0.25, 0.3) is 0 Å². The number of morpholine rings is 1. The molecule has 4 saturated heterocycles. The molecule has 4 rings (SSSR count). The molecule has 0 saturated carbocycles. The van der Waals surface area contributed by atoms with Gasteiger partial charge >= 0.3 is 5.97 Å². The minimum Gasteiger partial charge on any atom is -0.461 e. The van der Waals surface area contributed by atoms with Gasteiger partial charge in [0.05, 0.1) is 29.8 Å². The molecule has 4 heterocycles. The smallest absolute Gasteiger partial charge is 0.311 e. The standard InChI is InChI=1S/C26H39N3O6S/c1-4-7-28(10-9-27-11-15-34-16-12-27)24(32)22-26-18(3)17-19(36-26)20(25(33)35-14-5-2)21(26)23(31)29(22)8-6-13-30/h4-5,18-22,30H,1-2,6-17H2,3H3/t18?,19-,20+,21-,22?,26?/m0/s1. The van der Waals surface area contributed by atoms with Crippen molar-refractivity contribution < 1.29 is 29.0 Å². The minimum atomic E-state index is -0.690. The average molecular weight is 522 g/mol. The van der Waals surface area contributed by atoms with Crippen molar-refractivity contribution in [2.24, 2.45) is 17.8 Å². The van der Waals surface area contributed by atoms with Crippen LogP contribution in [-0.4, -0.2) is 119 Å². The first-order valence-corrected chi connectivity index (χ1v) is 13.8. The van der Waals surface area contributed by atoms with E-state index in [2.05, 4.69) is 25.0 Å². The summed E-state index contributed by atoms with van der Waals surface area (Å²) in [4.78, 5) is 47.0. The van der Waals surface area contributed by atoms with Crippen LogP contribution >= 0.6 is 11.8 Å². The van der Waals surface area contributed by atoms with Crippen molar-refractivity contribution in [2.75, 3.05) is 65.7 Å². The van der Waals surface area contributed by atoms with Crippen molar-refractivity contribution in [3.05, 3.63) is 25.3 Å². The molecule has 0 aromatic carbocycles. The molecule has 0 radical (unpaired) electrons. The molecule has 4 fully saturated rings. The lowest BCUT2D eigenvalue weighted by Gasteiger charge is -2.41. The Morgan fingerprint density at radius 2 is 2.03 bits per heavy atom. The van der Waals surface area contributed by atoms with Crippen molar-refractivity contribution in [3.63, 3.8) is 0 Å². The van der Waals surface area contributed by atoms with Gasteiger partial charge in [-0.05, 0) is 18.8 Å². The fourth-order valence-electron chi connectivity index (χ4n) is 6.49. The van der Waals surface area contributed by atoms with E-state index in [0.29, 0.717) is 32.7 Å². The van der Waals surface area contributed by atoms with E-state index in [1.807, 2.05) is 0 Å². The predicted molar refractivity (Wildman–Crippen MR) is 137 cm³/mol. The molecular formula is C26H39N3O6S. The number of thioether (sulfide) groups is 1. The van der Waals surface area contributed by atoms with Crippen LogP contribution in [0, 0.1) is 17.8 Å². The molecular weight excluding hydrogens is 482 g/mol. The van der Waals surface area contributed by atoms with Gasteiger partial charge in [-0.15, -0.1) is 18.3 Å².